The molecule has 6 rings (SSSR count). The summed E-state index contributed by atoms with van der Waals surface area (Å²) in [6, 6.07) is 14.5. The van der Waals surface area contributed by atoms with Gasteiger partial charge in [0.25, 0.3) is 0 Å². The maximum Gasteiger partial charge on any atom is 0.134 e. The Labute approximate surface area is 503 Å². The van der Waals surface area contributed by atoms with Gasteiger partial charge in [-0.1, -0.05) is 259 Å². The van der Waals surface area contributed by atoms with Gasteiger partial charge in [-0.15, -0.1) is 68.0 Å². The second-order valence-electron chi connectivity index (χ2n) is 23.2. The lowest BCUT2D eigenvalue weighted by molar-refractivity contribution is 0.555. The predicted octanol–water partition coefficient (Wildman–Crippen LogP) is 27.0. The van der Waals surface area contributed by atoms with E-state index in [1.54, 1.807) is 0 Å². The van der Waals surface area contributed by atoms with Crippen LogP contribution < -0.4 is 0 Å². The number of unbranched alkanes of at least 4 members (excludes halogenated alkanes) is 36. The molecule has 6 aromatic heterocycles. The molecule has 434 valence electrons. The van der Waals surface area contributed by atoms with Crippen LogP contribution in [0.5, 0.6) is 0 Å². The molecule has 0 amide bonds. The Hall–Kier alpha value is -1.94. The number of aromatic nitrogens is 2. The molecule has 0 fully saturated rings. The van der Waals surface area contributed by atoms with Crippen LogP contribution >= 0.6 is 68.0 Å². The fourth-order valence-corrected chi connectivity index (χ4v) is 18.2. The third kappa shape index (κ3) is 24.1. The minimum Gasteiger partial charge on any atom is -0.240 e. The highest BCUT2D eigenvalue weighted by Gasteiger charge is 2.22. The highest BCUT2D eigenvalue weighted by molar-refractivity contribution is 7.30. The van der Waals surface area contributed by atoms with Crippen molar-refractivity contribution in [3.05, 3.63) is 69.7 Å². The molecule has 6 aromatic rings. The van der Waals surface area contributed by atoms with E-state index < -0.39 is 0 Å². The summed E-state index contributed by atoms with van der Waals surface area (Å²) in [5, 5.41) is 7.17. The number of aryl methyl sites for hydroxylation is 4. The highest BCUT2D eigenvalue weighted by Crippen LogP contribution is 2.48. The van der Waals surface area contributed by atoms with Crippen molar-refractivity contribution in [3.8, 4) is 49.0 Å². The molecule has 0 bridgehead atoms. The van der Waals surface area contributed by atoms with E-state index >= 15 is 0 Å². The van der Waals surface area contributed by atoms with Gasteiger partial charge < -0.3 is 0 Å². The zero-order chi connectivity index (χ0) is 54.5. The van der Waals surface area contributed by atoms with Gasteiger partial charge in [-0.2, -0.15) is 0 Å². The van der Waals surface area contributed by atoms with Gasteiger partial charge in [0.05, 0.1) is 30.9 Å². The molecule has 0 N–H and O–H groups in total. The first kappa shape index (κ1) is 65.2. The molecule has 0 atom stereocenters. The van der Waals surface area contributed by atoms with Crippen LogP contribution in [0.15, 0.2) is 47.2 Å². The van der Waals surface area contributed by atoms with Crippen LogP contribution in [0.2, 0.25) is 0 Å². The van der Waals surface area contributed by atoms with Crippen molar-refractivity contribution in [2.45, 2.75) is 310 Å². The monoisotopic (exact) mass is 1170 g/mol. The molecule has 0 unspecified atom stereocenters. The summed E-state index contributed by atoms with van der Waals surface area (Å²) in [6.45, 7) is 9.27. The van der Waals surface area contributed by atoms with Crippen molar-refractivity contribution in [3.63, 3.8) is 0 Å². The SMILES string of the molecule is CCCCCCCCCCCCc1ccsc1-c1nc(CCCCCCCCCCCC)c(-c2ccc(-c3ccc(-c4sc(-c5sccc5CCCCCCCCCCCC)nc4CCCCCCCCCCCC)s3)s2)s1. The van der Waals surface area contributed by atoms with Crippen LogP contribution in [-0.4, -0.2) is 9.97 Å². The molecule has 0 aromatic carbocycles. The highest BCUT2D eigenvalue weighted by atomic mass is 32.1. The van der Waals surface area contributed by atoms with E-state index in [0.717, 1.165) is 12.8 Å². The minimum absolute atomic E-state index is 1.08. The normalized spacial score (nSPS) is 11.8. The minimum atomic E-state index is 1.08. The van der Waals surface area contributed by atoms with E-state index in [4.69, 9.17) is 9.97 Å². The first-order valence-electron chi connectivity index (χ1n) is 33.0. The lowest BCUT2D eigenvalue weighted by atomic mass is 10.0. The maximum absolute atomic E-state index is 5.56. The Kier molecular flexibility index (Phi) is 34.4. The molecule has 0 aliphatic heterocycles. The Morgan fingerprint density at radius 1 is 0.256 bits per heavy atom. The van der Waals surface area contributed by atoms with Crippen molar-refractivity contribution >= 4 is 68.0 Å². The summed E-state index contributed by atoms with van der Waals surface area (Å²) < 4.78 is 0. The largest absolute Gasteiger partial charge is 0.240 e. The molecule has 8 heteroatoms. The van der Waals surface area contributed by atoms with E-state index in [1.807, 2.05) is 68.0 Å². The number of thiophene rings is 4. The van der Waals surface area contributed by atoms with Crippen LogP contribution in [0.1, 0.15) is 307 Å². The Bertz CT molecular complexity index is 2220. The van der Waals surface area contributed by atoms with Gasteiger partial charge in [0.1, 0.15) is 10.0 Å². The van der Waals surface area contributed by atoms with Gasteiger partial charge >= 0.3 is 0 Å². The van der Waals surface area contributed by atoms with Crippen molar-refractivity contribution < 1.29 is 0 Å². The summed E-state index contributed by atoms with van der Waals surface area (Å²) >= 11 is 11.8. The average Bonchev–Trinajstić information content (AvgIpc) is 4.40. The van der Waals surface area contributed by atoms with Crippen molar-refractivity contribution in [2.24, 2.45) is 0 Å². The molecule has 0 aliphatic rings. The van der Waals surface area contributed by atoms with Crippen LogP contribution in [0.25, 0.3) is 49.0 Å². The first-order chi connectivity index (χ1) is 38.6. The van der Waals surface area contributed by atoms with Gasteiger partial charge in [0.2, 0.25) is 0 Å². The van der Waals surface area contributed by atoms with Gasteiger partial charge in [-0.3, -0.25) is 0 Å². The maximum atomic E-state index is 5.56. The molecule has 78 heavy (non-hydrogen) atoms. The Balaban J connectivity index is 1.13. The first-order valence-corrected chi connectivity index (χ1v) is 38.0. The number of rotatable bonds is 49. The number of hydrogen-bond donors (Lipinski definition) is 0. The molecule has 0 spiro atoms. The lowest BCUT2D eigenvalue weighted by Gasteiger charge is -2.04. The number of thiazole rings is 2. The molecular weight excluding hydrogens is 1060 g/mol. The Morgan fingerprint density at radius 3 is 0.808 bits per heavy atom. The van der Waals surface area contributed by atoms with E-state index in [1.165, 1.54) is 341 Å². The van der Waals surface area contributed by atoms with Gasteiger partial charge in [-0.25, -0.2) is 9.97 Å². The van der Waals surface area contributed by atoms with E-state index in [9.17, 15) is 0 Å². The zero-order valence-corrected chi connectivity index (χ0v) is 55.0. The van der Waals surface area contributed by atoms with E-state index in [-0.39, 0.29) is 0 Å². The smallest absolute Gasteiger partial charge is 0.134 e. The van der Waals surface area contributed by atoms with E-state index in [2.05, 4.69) is 74.9 Å². The molecule has 0 saturated carbocycles. The summed E-state index contributed by atoms with van der Waals surface area (Å²) in [4.78, 5) is 22.4. The third-order valence-electron chi connectivity index (χ3n) is 16.3. The van der Waals surface area contributed by atoms with Crippen LogP contribution in [0.4, 0.5) is 0 Å². The van der Waals surface area contributed by atoms with Gasteiger partial charge in [0, 0.05) is 19.5 Å². The Morgan fingerprint density at radius 2 is 0.513 bits per heavy atom. The summed E-state index contributed by atoms with van der Waals surface area (Å²) in [6.07, 6.45) is 59.5. The second-order valence-corrected chi connectivity index (χ2v) is 29.2. The van der Waals surface area contributed by atoms with Crippen molar-refractivity contribution in [2.75, 3.05) is 0 Å². The third-order valence-corrected chi connectivity index (χ3v) is 23.5. The van der Waals surface area contributed by atoms with Crippen molar-refractivity contribution in [1.29, 1.82) is 0 Å². The molecular formula is C70H108N2S6. The number of nitrogens with zero attached hydrogens (tertiary/aromatic N) is 2. The fourth-order valence-electron chi connectivity index (χ4n) is 11.4. The van der Waals surface area contributed by atoms with Gasteiger partial charge in [-0.05, 0) is 110 Å². The second kappa shape index (κ2) is 41.1. The van der Waals surface area contributed by atoms with Crippen LogP contribution in [0, 0.1) is 0 Å². The summed E-state index contributed by atoms with van der Waals surface area (Å²) in [7, 11) is 0. The molecule has 2 nitrogen and oxygen atoms in total. The van der Waals surface area contributed by atoms with E-state index in [0.29, 0.717) is 0 Å². The number of hydrogen-bond acceptors (Lipinski definition) is 8. The van der Waals surface area contributed by atoms with Gasteiger partial charge in [0.15, 0.2) is 0 Å². The summed E-state index contributed by atoms with van der Waals surface area (Å²) in [5.41, 5.74) is 5.71. The quantitative estimate of drug-likeness (QED) is 0.0356. The molecule has 0 radical (unpaired) electrons. The topological polar surface area (TPSA) is 25.8 Å². The molecule has 6 heterocycles. The zero-order valence-electron chi connectivity index (χ0n) is 50.1. The molecule has 0 saturated heterocycles. The predicted molar refractivity (Wildman–Crippen MR) is 359 cm³/mol. The van der Waals surface area contributed by atoms with Crippen LogP contribution in [-0.2, 0) is 25.7 Å². The van der Waals surface area contributed by atoms with Crippen LogP contribution in [0.3, 0.4) is 0 Å². The van der Waals surface area contributed by atoms with Crippen molar-refractivity contribution in [1.82, 2.24) is 9.97 Å². The standard InChI is InChI=1S/C70H108N2S6/c1-5-9-13-17-21-25-29-33-37-41-45-57-53-55-73-65(57)69-71-59(47-43-39-35-31-27-23-19-15-11-7-3)67(77-69)63-51-49-61(75-63)62-50-52-64(76-62)68-60(48-44-40-36-32-28-24-20-16-12-8-4)72-70(78-68)66-58(54-56-74-66)46-42-38-34-30-26-22-18-14-10-6-2/h49-56H,5-48H2,1-4H3. The average molecular weight is 1170 g/mol. The summed E-state index contributed by atoms with van der Waals surface area (Å²) in [5.74, 6) is 0. The fraction of sp³-hybridized carbons (Fsp3) is 0.686. The molecule has 0 aliphatic carbocycles. The lowest BCUT2D eigenvalue weighted by Crippen LogP contribution is -1.90.